The zero-order chi connectivity index (χ0) is 12.3. The number of hydrogen-bond acceptors (Lipinski definition) is 4. The van der Waals surface area contributed by atoms with E-state index >= 15 is 0 Å². The minimum atomic E-state index is 0.148. The van der Waals surface area contributed by atoms with Crippen LogP contribution in [0, 0.1) is 11.3 Å². The van der Waals surface area contributed by atoms with Crippen LogP contribution < -0.4 is 5.32 Å². The van der Waals surface area contributed by atoms with Crippen molar-refractivity contribution < 1.29 is 0 Å². The van der Waals surface area contributed by atoms with E-state index in [0.717, 1.165) is 11.3 Å². The van der Waals surface area contributed by atoms with Crippen LogP contribution >= 0.6 is 11.6 Å². The second-order valence-corrected chi connectivity index (χ2v) is 3.86. The van der Waals surface area contributed by atoms with E-state index in [1.807, 2.05) is 25.2 Å². The van der Waals surface area contributed by atoms with Crippen molar-refractivity contribution in [3.05, 3.63) is 40.9 Å². The van der Waals surface area contributed by atoms with Crippen molar-refractivity contribution in [2.45, 2.75) is 6.54 Å². The van der Waals surface area contributed by atoms with Gasteiger partial charge in [0.1, 0.15) is 12.4 Å². The Morgan fingerprint density at radius 1 is 1.53 bits per heavy atom. The van der Waals surface area contributed by atoms with Gasteiger partial charge in [0.25, 0.3) is 5.82 Å². The zero-order valence-corrected chi connectivity index (χ0v) is 9.94. The summed E-state index contributed by atoms with van der Waals surface area (Å²) >= 11 is 5.95. The van der Waals surface area contributed by atoms with E-state index in [-0.39, 0.29) is 5.82 Å². The first-order chi connectivity index (χ1) is 8.24. The standard InChI is InChI=1S/C11H10ClN5/c1-14-6-8-4-9(12)2-3-10(8)17-7-15-11(5-13)16-17/h2-4,7,14H,6H2,1H3. The average molecular weight is 248 g/mol. The molecule has 1 heterocycles. The topological polar surface area (TPSA) is 66.5 Å². The molecular weight excluding hydrogens is 238 g/mol. The van der Waals surface area contributed by atoms with Gasteiger partial charge >= 0.3 is 0 Å². The molecule has 17 heavy (non-hydrogen) atoms. The monoisotopic (exact) mass is 247 g/mol. The molecule has 0 amide bonds. The third kappa shape index (κ3) is 2.44. The number of nitriles is 1. The number of benzene rings is 1. The second kappa shape index (κ2) is 4.95. The van der Waals surface area contributed by atoms with Crippen molar-refractivity contribution in [2.24, 2.45) is 0 Å². The van der Waals surface area contributed by atoms with E-state index < -0.39 is 0 Å². The predicted molar refractivity (Wildman–Crippen MR) is 63.8 cm³/mol. The Kier molecular flexibility index (Phi) is 3.38. The fraction of sp³-hybridized carbons (Fsp3) is 0.182. The molecular formula is C11H10ClN5. The number of hydrogen-bond donors (Lipinski definition) is 1. The van der Waals surface area contributed by atoms with E-state index in [0.29, 0.717) is 11.6 Å². The van der Waals surface area contributed by atoms with Crippen LogP contribution in [0.3, 0.4) is 0 Å². The van der Waals surface area contributed by atoms with Gasteiger partial charge in [0.15, 0.2) is 0 Å². The number of nitrogens with zero attached hydrogens (tertiary/aromatic N) is 4. The number of halogens is 1. The lowest BCUT2D eigenvalue weighted by atomic mass is 10.2. The van der Waals surface area contributed by atoms with Gasteiger partial charge in [-0.25, -0.2) is 9.67 Å². The molecule has 0 saturated carbocycles. The van der Waals surface area contributed by atoms with Gasteiger partial charge in [-0.15, -0.1) is 5.10 Å². The summed E-state index contributed by atoms with van der Waals surface area (Å²) < 4.78 is 1.57. The maximum Gasteiger partial charge on any atom is 0.252 e. The Hall–Kier alpha value is -1.90. The lowest BCUT2D eigenvalue weighted by Gasteiger charge is -2.08. The van der Waals surface area contributed by atoms with Crippen molar-refractivity contribution in [2.75, 3.05) is 7.05 Å². The van der Waals surface area contributed by atoms with Crippen LogP contribution in [0.4, 0.5) is 0 Å². The molecule has 0 unspecified atom stereocenters. The van der Waals surface area contributed by atoms with Gasteiger partial charge in [0, 0.05) is 11.6 Å². The number of aromatic nitrogens is 3. The van der Waals surface area contributed by atoms with E-state index in [4.69, 9.17) is 16.9 Å². The molecule has 0 aliphatic carbocycles. The summed E-state index contributed by atoms with van der Waals surface area (Å²) in [6.45, 7) is 0.664. The van der Waals surface area contributed by atoms with Crippen LogP contribution in [-0.2, 0) is 6.54 Å². The zero-order valence-electron chi connectivity index (χ0n) is 9.18. The van der Waals surface area contributed by atoms with Crippen LogP contribution in [0.2, 0.25) is 5.02 Å². The Morgan fingerprint density at radius 2 is 2.35 bits per heavy atom. The molecule has 2 aromatic rings. The second-order valence-electron chi connectivity index (χ2n) is 3.43. The maximum absolute atomic E-state index is 8.69. The Bertz CT molecular complexity index is 569. The SMILES string of the molecule is CNCc1cc(Cl)ccc1-n1cnc(C#N)n1. The molecule has 1 N–H and O–H groups in total. The first-order valence-corrected chi connectivity index (χ1v) is 5.37. The van der Waals surface area contributed by atoms with Crippen molar-refractivity contribution in [1.82, 2.24) is 20.1 Å². The van der Waals surface area contributed by atoms with Gasteiger partial charge in [0.2, 0.25) is 0 Å². The lowest BCUT2D eigenvalue weighted by molar-refractivity contribution is 0.787. The molecule has 2 rings (SSSR count). The molecule has 0 aliphatic rings. The minimum absolute atomic E-state index is 0.148. The van der Waals surface area contributed by atoms with Crippen molar-refractivity contribution in [1.29, 1.82) is 5.26 Å². The molecule has 1 aromatic heterocycles. The summed E-state index contributed by atoms with van der Waals surface area (Å²) in [4.78, 5) is 3.87. The summed E-state index contributed by atoms with van der Waals surface area (Å²) in [6, 6.07) is 7.39. The Morgan fingerprint density at radius 3 is 3.00 bits per heavy atom. The van der Waals surface area contributed by atoms with Crippen LogP contribution in [0.25, 0.3) is 5.69 Å². The molecule has 5 nitrogen and oxygen atoms in total. The lowest BCUT2D eigenvalue weighted by Crippen LogP contribution is -2.09. The van der Waals surface area contributed by atoms with E-state index in [9.17, 15) is 0 Å². The van der Waals surface area contributed by atoms with E-state index in [1.165, 1.54) is 6.33 Å². The largest absolute Gasteiger partial charge is 0.316 e. The summed E-state index contributed by atoms with van der Waals surface area (Å²) in [5.74, 6) is 0.148. The summed E-state index contributed by atoms with van der Waals surface area (Å²) in [5, 5.41) is 16.5. The third-order valence-corrected chi connectivity index (χ3v) is 2.48. The minimum Gasteiger partial charge on any atom is -0.316 e. The van der Waals surface area contributed by atoms with Crippen molar-refractivity contribution >= 4 is 11.6 Å². The summed E-state index contributed by atoms with van der Waals surface area (Å²) in [7, 11) is 1.85. The van der Waals surface area contributed by atoms with Gasteiger partial charge < -0.3 is 5.32 Å². The molecule has 0 fully saturated rings. The van der Waals surface area contributed by atoms with Crippen LogP contribution in [-0.4, -0.2) is 21.8 Å². The highest BCUT2D eigenvalue weighted by atomic mass is 35.5. The van der Waals surface area contributed by atoms with Gasteiger partial charge in [-0.05, 0) is 30.8 Å². The van der Waals surface area contributed by atoms with E-state index in [1.54, 1.807) is 10.7 Å². The molecule has 0 atom stereocenters. The maximum atomic E-state index is 8.69. The Labute approximate surface area is 104 Å². The molecule has 0 saturated heterocycles. The summed E-state index contributed by atoms with van der Waals surface area (Å²) in [6.07, 6.45) is 1.51. The first-order valence-electron chi connectivity index (χ1n) is 4.99. The number of rotatable bonds is 3. The van der Waals surface area contributed by atoms with Crippen LogP contribution in [0.15, 0.2) is 24.5 Å². The van der Waals surface area contributed by atoms with Gasteiger partial charge in [0.05, 0.1) is 5.69 Å². The average Bonchev–Trinajstić information content (AvgIpc) is 2.78. The number of nitrogens with one attached hydrogen (secondary N) is 1. The highest BCUT2D eigenvalue weighted by Crippen LogP contribution is 2.19. The summed E-state index contributed by atoms with van der Waals surface area (Å²) in [5.41, 5.74) is 1.85. The fourth-order valence-corrected chi connectivity index (χ4v) is 1.73. The van der Waals surface area contributed by atoms with Gasteiger partial charge in [-0.3, -0.25) is 0 Å². The van der Waals surface area contributed by atoms with E-state index in [2.05, 4.69) is 15.4 Å². The first kappa shape index (κ1) is 11.6. The molecule has 0 aliphatic heterocycles. The smallest absolute Gasteiger partial charge is 0.252 e. The quantitative estimate of drug-likeness (QED) is 0.893. The van der Waals surface area contributed by atoms with Gasteiger partial charge in [-0.2, -0.15) is 5.26 Å². The highest BCUT2D eigenvalue weighted by Gasteiger charge is 2.07. The van der Waals surface area contributed by atoms with Crippen LogP contribution in [0.1, 0.15) is 11.4 Å². The third-order valence-electron chi connectivity index (χ3n) is 2.25. The normalized spacial score (nSPS) is 10.2. The molecule has 1 aromatic carbocycles. The Balaban J connectivity index is 2.47. The van der Waals surface area contributed by atoms with Crippen molar-refractivity contribution in [3.63, 3.8) is 0 Å². The fourth-order valence-electron chi connectivity index (χ4n) is 1.54. The molecule has 0 spiro atoms. The molecule has 0 bridgehead atoms. The van der Waals surface area contributed by atoms with Gasteiger partial charge in [-0.1, -0.05) is 11.6 Å². The predicted octanol–water partition coefficient (Wildman–Crippen LogP) is 1.51. The molecule has 6 heteroatoms. The molecule has 0 radical (unpaired) electrons. The molecule has 86 valence electrons. The highest BCUT2D eigenvalue weighted by molar-refractivity contribution is 6.30. The van der Waals surface area contributed by atoms with Crippen LogP contribution in [0.5, 0.6) is 0 Å². The van der Waals surface area contributed by atoms with Crippen molar-refractivity contribution in [3.8, 4) is 11.8 Å².